The first-order valence-corrected chi connectivity index (χ1v) is 5.71. The topological polar surface area (TPSA) is 55.1 Å². The van der Waals surface area contributed by atoms with E-state index < -0.39 is 5.97 Å². The monoisotopic (exact) mass is 232 g/mol. The van der Waals surface area contributed by atoms with Gasteiger partial charge >= 0.3 is 5.97 Å². The molecule has 1 N–H and O–H groups in total. The summed E-state index contributed by atoms with van der Waals surface area (Å²) < 4.78 is 2.04. The average Bonchev–Trinajstić information content (AvgIpc) is 2.55. The Kier molecular flexibility index (Phi) is 3.13. The summed E-state index contributed by atoms with van der Waals surface area (Å²) in [6, 6.07) is 6.17. The first-order valence-electron chi connectivity index (χ1n) is 5.71. The van der Waals surface area contributed by atoms with Crippen LogP contribution in [0, 0.1) is 6.92 Å². The third kappa shape index (κ3) is 2.46. The van der Waals surface area contributed by atoms with Gasteiger partial charge in [0.2, 0.25) is 0 Å². The number of hydrogen-bond acceptors (Lipinski definition) is 2. The quantitative estimate of drug-likeness (QED) is 0.879. The third-order valence-corrected chi connectivity index (χ3v) is 2.92. The lowest BCUT2D eigenvalue weighted by Crippen LogP contribution is -2.01. The van der Waals surface area contributed by atoms with Crippen molar-refractivity contribution >= 4 is 17.0 Å². The molecule has 0 radical (unpaired) electrons. The molecule has 2 rings (SSSR count). The molecule has 2 aromatic rings. The van der Waals surface area contributed by atoms with E-state index in [0.29, 0.717) is 12.8 Å². The second-order valence-corrected chi connectivity index (χ2v) is 4.33. The van der Waals surface area contributed by atoms with Crippen molar-refractivity contribution < 1.29 is 9.90 Å². The molecule has 0 spiro atoms. The number of aliphatic carboxylic acids is 1. The number of aromatic nitrogens is 2. The fraction of sp³-hybridized carbons (Fsp3) is 0.385. The molecule has 0 amide bonds. The number of carbonyl (C=O) groups is 1. The second kappa shape index (κ2) is 4.57. The van der Waals surface area contributed by atoms with Crippen LogP contribution < -0.4 is 0 Å². The van der Waals surface area contributed by atoms with Crippen molar-refractivity contribution in [1.82, 2.24) is 9.55 Å². The first kappa shape index (κ1) is 11.6. The fourth-order valence-corrected chi connectivity index (χ4v) is 1.98. The highest BCUT2D eigenvalue weighted by Crippen LogP contribution is 2.17. The number of hydrogen-bond donors (Lipinski definition) is 1. The number of benzene rings is 1. The van der Waals surface area contributed by atoms with Crippen LogP contribution in [0.3, 0.4) is 0 Å². The summed E-state index contributed by atoms with van der Waals surface area (Å²) in [6.07, 6.45) is 1.53. The first-order chi connectivity index (χ1) is 8.08. The number of carboxylic acid groups (broad SMARTS) is 1. The summed E-state index contributed by atoms with van der Waals surface area (Å²) in [5.74, 6) is 0.200. The van der Waals surface area contributed by atoms with Crippen LogP contribution in [0.5, 0.6) is 0 Å². The highest BCUT2D eigenvalue weighted by molar-refractivity contribution is 5.76. The SMILES string of the molecule is Cc1ccc2c(c1)nc(CCCC(=O)O)n2C. The Labute approximate surface area is 99.9 Å². The number of rotatable bonds is 4. The minimum Gasteiger partial charge on any atom is -0.481 e. The lowest BCUT2D eigenvalue weighted by molar-refractivity contribution is -0.137. The summed E-state index contributed by atoms with van der Waals surface area (Å²) in [5.41, 5.74) is 3.27. The maximum Gasteiger partial charge on any atom is 0.303 e. The molecule has 1 aromatic heterocycles. The van der Waals surface area contributed by atoms with Crippen molar-refractivity contribution in [2.24, 2.45) is 7.05 Å². The van der Waals surface area contributed by atoms with Gasteiger partial charge in [-0.25, -0.2) is 4.98 Å². The van der Waals surface area contributed by atoms with Crippen LogP contribution in [0.25, 0.3) is 11.0 Å². The predicted octanol–water partition coefficient (Wildman–Crippen LogP) is 2.29. The molecule has 0 atom stereocenters. The molecule has 0 saturated carbocycles. The summed E-state index contributed by atoms with van der Waals surface area (Å²) in [6.45, 7) is 2.04. The van der Waals surface area contributed by atoms with E-state index in [4.69, 9.17) is 5.11 Å². The lowest BCUT2D eigenvalue weighted by atomic mass is 10.2. The van der Waals surface area contributed by atoms with Gasteiger partial charge in [0.1, 0.15) is 5.82 Å². The molecule has 1 aromatic carbocycles. The van der Waals surface area contributed by atoms with Gasteiger partial charge in [0.05, 0.1) is 11.0 Å². The zero-order valence-corrected chi connectivity index (χ0v) is 10.1. The maximum absolute atomic E-state index is 10.5. The van der Waals surface area contributed by atoms with Crippen LogP contribution in [0.4, 0.5) is 0 Å². The maximum atomic E-state index is 10.5. The van der Waals surface area contributed by atoms with E-state index in [1.807, 2.05) is 18.5 Å². The van der Waals surface area contributed by atoms with Crippen LogP contribution in [0.1, 0.15) is 24.2 Å². The van der Waals surface area contributed by atoms with E-state index in [0.717, 1.165) is 16.9 Å². The van der Waals surface area contributed by atoms with Gasteiger partial charge < -0.3 is 9.67 Å². The fourth-order valence-electron chi connectivity index (χ4n) is 1.98. The van der Waals surface area contributed by atoms with Gasteiger partial charge in [-0.05, 0) is 31.0 Å². The Hall–Kier alpha value is -1.84. The molecular formula is C13H16N2O2. The average molecular weight is 232 g/mol. The van der Waals surface area contributed by atoms with E-state index in [2.05, 4.69) is 23.2 Å². The van der Waals surface area contributed by atoms with Gasteiger partial charge in [0.15, 0.2) is 0 Å². The Morgan fingerprint density at radius 1 is 1.47 bits per heavy atom. The number of aryl methyl sites for hydroxylation is 3. The number of carboxylic acids is 1. The molecule has 4 nitrogen and oxygen atoms in total. The van der Waals surface area contributed by atoms with E-state index in [-0.39, 0.29) is 6.42 Å². The Morgan fingerprint density at radius 3 is 2.94 bits per heavy atom. The summed E-state index contributed by atoms with van der Waals surface area (Å²) in [7, 11) is 1.97. The summed E-state index contributed by atoms with van der Waals surface area (Å²) >= 11 is 0. The number of fused-ring (bicyclic) bond motifs is 1. The zero-order chi connectivity index (χ0) is 12.4. The minimum atomic E-state index is -0.750. The van der Waals surface area contributed by atoms with Crippen molar-refractivity contribution in [2.45, 2.75) is 26.2 Å². The normalized spacial score (nSPS) is 10.9. The van der Waals surface area contributed by atoms with Crippen LogP contribution in [0.15, 0.2) is 18.2 Å². The standard InChI is InChI=1S/C13H16N2O2/c1-9-6-7-11-10(8-9)14-12(15(11)2)4-3-5-13(16)17/h6-8H,3-5H2,1-2H3,(H,16,17). The Morgan fingerprint density at radius 2 is 2.24 bits per heavy atom. The molecule has 0 fully saturated rings. The van der Waals surface area contributed by atoms with E-state index >= 15 is 0 Å². The van der Waals surface area contributed by atoms with E-state index in [1.165, 1.54) is 5.56 Å². The van der Waals surface area contributed by atoms with Gasteiger partial charge in [-0.2, -0.15) is 0 Å². The van der Waals surface area contributed by atoms with Gasteiger partial charge in [-0.1, -0.05) is 6.07 Å². The molecule has 0 aliphatic carbocycles. The predicted molar refractivity (Wildman–Crippen MR) is 66.0 cm³/mol. The lowest BCUT2D eigenvalue weighted by Gasteiger charge is -2.00. The van der Waals surface area contributed by atoms with Crippen molar-refractivity contribution in [3.63, 3.8) is 0 Å². The van der Waals surface area contributed by atoms with Crippen molar-refractivity contribution in [2.75, 3.05) is 0 Å². The van der Waals surface area contributed by atoms with Crippen molar-refractivity contribution in [1.29, 1.82) is 0 Å². The Balaban J connectivity index is 2.23. The number of imidazole rings is 1. The molecule has 0 saturated heterocycles. The Bertz CT molecular complexity index is 558. The third-order valence-electron chi connectivity index (χ3n) is 2.92. The summed E-state index contributed by atoms with van der Waals surface area (Å²) in [4.78, 5) is 15.0. The zero-order valence-electron chi connectivity index (χ0n) is 10.1. The van der Waals surface area contributed by atoms with Gasteiger partial charge in [0, 0.05) is 19.9 Å². The van der Waals surface area contributed by atoms with Crippen LogP contribution in [-0.2, 0) is 18.3 Å². The second-order valence-electron chi connectivity index (χ2n) is 4.33. The summed E-state index contributed by atoms with van der Waals surface area (Å²) in [5, 5.41) is 8.61. The molecule has 0 aliphatic heterocycles. The molecule has 1 heterocycles. The van der Waals surface area contributed by atoms with Crippen LogP contribution in [-0.4, -0.2) is 20.6 Å². The van der Waals surface area contributed by atoms with Crippen molar-refractivity contribution in [3.05, 3.63) is 29.6 Å². The largest absolute Gasteiger partial charge is 0.481 e. The van der Waals surface area contributed by atoms with Gasteiger partial charge in [-0.3, -0.25) is 4.79 Å². The van der Waals surface area contributed by atoms with Crippen LogP contribution >= 0.6 is 0 Å². The molecule has 17 heavy (non-hydrogen) atoms. The van der Waals surface area contributed by atoms with E-state index in [9.17, 15) is 4.79 Å². The molecule has 0 aliphatic rings. The van der Waals surface area contributed by atoms with E-state index in [1.54, 1.807) is 0 Å². The highest BCUT2D eigenvalue weighted by Gasteiger charge is 2.08. The van der Waals surface area contributed by atoms with Crippen LogP contribution in [0.2, 0.25) is 0 Å². The van der Waals surface area contributed by atoms with Gasteiger partial charge in [-0.15, -0.1) is 0 Å². The molecule has 4 heteroatoms. The minimum absolute atomic E-state index is 0.197. The molecule has 0 bridgehead atoms. The molecule has 0 unspecified atom stereocenters. The smallest absolute Gasteiger partial charge is 0.303 e. The number of nitrogens with zero attached hydrogens (tertiary/aromatic N) is 2. The van der Waals surface area contributed by atoms with Crippen molar-refractivity contribution in [3.8, 4) is 0 Å². The molecule has 90 valence electrons. The molecular weight excluding hydrogens is 216 g/mol. The highest BCUT2D eigenvalue weighted by atomic mass is 16.4. The van der Waals surface area contributed by atoms with Gasteiger partial charge in [0.25, 0.3) is 0 Å².